The van der Waals surface area contributed by atoms with Gasteiger partial charge in [-0.2, -0.15) is 12.6 Å². The molecule has 0 bridgehead atoms. The molecule has 1 unspecified atom stereocenters. The Morgan fingerprint density at radius 2 is 1.57 bits per heavy atom. The fraction of sp³-hybridized carbons (Fsp3) is 0.235. The van der Waals surface area contributed by atoms with E-state index in [4.69, 9.17) is 4.74 Å². The van der Waals surface area contributed by atoms with E-state index in [1.807, 2.05) is 68.4 Å². The second-order valence-corrected chi connectivity index (χ2v) is 5.67. The van der Waals surface area contributed by atoms with Crippen LogP contribution in [0.4, 0.5) is 5.69 Å². The minimum absolute atomic E-state index is 0.0925. The number of hydrogen-bond donors (Lipinski definition) is 2. The molecule has 1 atom stereocenters. The summed E-state index contributed by atoms with van der Waals surface area (Å²) in [6.07, 6.45) is 0. The summed E-state index contributed by atoms with van der Waals surface area (Å²) in [5.74, 6) is 1.61. The molecule has 4 heteroatoms. The molecule has 0 spiro atoms. The highest BCUT2D eigenvalue weighted by molar-refractivity contribution is 7.81. The monoisotopic (exact) mass is 301 g/mol. The van der Waals surface area contributed by atoms with Gasteiger partial charge < -0.3 is 10.1 Å². The minimum atomic E-state index is -0.315. The van der Waals surface area contributed by atoms with Crippen LogP contribution >= 0.6 is 12.6 Å². The van der Waals surface area contributed by atoms with E-state index in [9.17, 15) is 4.79 Å². The lowest BCUT2D eigenvalue weighted by Crippen LogP contribution is -2.27. The second-order valence-electron chi connectivity index (χ2n) is 5.12. The van der Waals surface area contributed by atoms with Gasteiger partial charge in [0.25, 0.3) is 0 Å². The molecule has 0 heterocycles. The molecule has 0 aliphatic carbocycles. The maximum absolute atomic E-state index is 11.9. The molecule has 0 saturated heterocycles. The van der Waals surface area contributed by atoms with Gasteiger partial charge >= 0.3 is 0 Å². The van der Waals surface area contributed by atoms with Gasteiger partial charge in [-0.1, -0.05) is 32.0 Å². The van der Waals surface area contributed by atoms with Crippen molar-refractivity contribution in [2.24, 2.45) is 5.92 Å². The van der Waals surface area contributed by atoms with Crippen LogP contribution in [0.3, 0.4) is 0 Å². The Balaban J connectivity index is 1.98. The molecular formula is C17H19NO2S. The van der Waals surface area contributed by atoms with Gasteiger partial charge in [0.1, 0.15) is 11.5 Å². The molecule has 21 heavy (non-hydrogen) atoms. The number of anilines is 1. The molecule has 2 aromatic carbocycles. The first-order valence-corrected chi connectivity index (χ1v) is 7.40. The maximum atomic E-state index is 11.9. The van der Waals surface area contributed by atoms with Crippen molar-refractivity contribution < 1.29 is 9.53 Å². The Morgan fingerprint density at radius 1 is 1.00 bits per heavy atom. The van der Waals surface area contributed by atoms with Crippen LogP contribution in [0.2, 0.25) is 0 Å². The number of hydrogen-bond acceptors (Lipinski definition) is 3. The number of benzene rings is 2. The molecule has 0 aliphatic rings. The molecule has 1 N–H and O–H groups in total. The van der Waals surface area contributed by atoms with Crippen LogP contribution in [-0.2, 0) is 4.79 Å². The summed E-state index contributed by atoms with van der Waals surface area (Å²) in [6.45, 7) is 3.93. The van der Waals surface area contributed by atoms with Crippen molar-refractivity contribution in [3.63, 3.8) is 0 Å². The van der Waals surface area contributed by atoms with E-state index in [0.29, 0.717) is 0 Å². The van der Waals surface area contributed by atoms with Crippen molar-refractivity contribution in [3.8, 4) is 11.5 Å². The number of nitrogens with one attached hydrogen (secondary N) is 1. The first kappa shape index (κ1) is 15.4. The van der Waals surface area contributed by atoms with E-state index in [0.717, 1.165) is 17.2 Å². The zero-order valence-electron chi connectivity index (χ0n) is 12.1. The SMILES string of the molecule is CC(C)C(S)C(=O)Nc1ccc(Oc2ccccc2)cc1. The summed E-state index contributed by atoms with van der Waals surface area (Å²) in [7, 11) is 0. The van der Waals surface area contributed by atoms with Crippen molar-refractivity contribution in [1.29, 1.82) is 0 Å². The molecule has 0 aromatic heterocycles. The summed E-state index contributed by atoms with van der Waals surface area (Å²) in [5, 5.41) is 2.53. The Labute approximate surface area is 130 Å². The van der Waals surface area contributed by atoms with Crippen LogP contribution in [0.1, 0.15) is 13.8 Å². The van der Waals surface area contributed by atoms with Crippen molar-refractivity contribution >= 4 is 24.2 Å². The van der Waals surface area contributed by atoms with E-state index in [1.165, 1.54) is 0 Å². The predicted molar refractivity (Wildman–Crippen MR) is 89.2 cm³/mol. The van der Waals surface area contributed by atoms with Gasteiger partial charge in [0.2, 0.25) is 5.91 Å². The van der Waals surface area contributed by atoms with E-state index < -0.39 is 0 Å². The number of amides is 1. The molecule has 2 aromatic rings. The van der Waals surface area contributed by atoms with Crippen molar-refractivity contribution in [2.45, 2.75) is 19.1 Å². The third kappa shape index (κ3) is 4.53. The van der Waals surface area contributed by atoms with Crippen LogP contribution in [0, 0.1) is 5.92 Å². The van der Waals surface area contributed by atoms with Crippen LogP contribution in [-0.4, -0.2) is 11.2 Å². The molecule has 0 saturated carbocycles. The van der Waals surface area contributed by atoms with Crippen molar-refractivity contribution in [2.75, 3.05) is 5.32 Å². The lowest BCUT2D eigenvalue weighted by molar-refractivity contribution is -0.116. The molecule has 0 aliphatic heterocycles. The quantitative estimate of drug-likeness (QED) is 0.805. The van der Waals surface area contributed by atoms with Crippen molar-refractivity contribution in [3.05, 3.63) is 54.6 Å². The number of thiol groups is 1. The third-order valence-corrected chi connectivity index (χ3v) is 3.83. The normalized spacial score (nSPS) is 12.0. The zero-order chi connectivity index (χ0) is 15.2. The number of ether oxygens (including phenoxy) is 1. The van der Waals surface area contributed by atoms with Gasteiger partial charge in [0.15, 0.2) is 0 Å². The fourth-order valence-corrected chi connectivity index (χ4v) is 1.81. The Morgan fingerprint density at radius 3 is 2.14 bits per heavy atom. The first-order chi connectivity index (χ1) is 10.1. The van der Waals surface area contributed by atoms with Gasteiger partial charge in [0, 0.05) is 5.69 Å². The predicted octanol–water partition coefficient (Wildman–Crippen LogP) is 4.37. The highest BCUT2D eigenvalue weighted by Gasteiger charge is 2.17. The Hall–Kier alpha value is -1.94. The summed E-state index contributed by atoms with van der Waals surface area (Å²) in [6, 6.07) is 16.8. The van der Waals surface area contributed by atoms with E-state index in [1.54, 1.807) is 0 Å². The Kier molecular flexibility index (Phi) is 5.28. The standard InChI is InChI=1S/C17H19NO2S/c1-12(2)16(21)17(19)18-13-8-10-15(11-9-13)20-14-6-4-3-5-7-14/h3-12,16,21H,1-2H3,(H,18,19). The number of para-hydroxylation sites is 1. The Bertz CT molecular complexity index is 581. The van der Waals surface area contributed by atoms with Gasteiger partial charge in [-0.05, 0) is 42.3 Å². The van der Waals surface area contributed by atoms with Crippen LogP contribution in [0.15, 0.2) is 54.6 Å². The maximum Gasteiger partial charge on any atom is 0.237 e. The zero-order valence-corrected chi connectivity index (χ0v) is 13.0. The van der Waals surface area contributed by atoms with E-state index >= 15 is 0 Å². The van der Waals surface area contributed by atoms with Crippen LogP contribution in [0.5, 0.6) is 11.5 Å². The number of carbonyl (C=O) groups is 1. The van der Waals surface area contributed by atoms with Crippen LogP contribution < -0.4 is 10.1 Å². The average Bonchev–Trinajstić information content (AvgIpc) is 2.49. The molecule has 1 amide bonds. The molecule has 110 valence electrons. The number of carbonyl (C=O) groups excluding carboxylic acids is 1. The van der Waals surface area contributed by atoms with E-state index in [2.05, 4.69) is 17.9 Å². The smallest absolute Gasteiger partial charge is 0.237 e. The average molecular weight is 301 g/mol. The first-order valence-electron chi connectivity index (χ1n) is 6.88. The number of rotatable bonds is 5. The van der Waals surface area contributed by atoms with Crippen molar-refractivity contribution in [1.82, 2.24) is 0 Å². The lowest BCUT2D eigenvalue weighted by atomic mass is 10.1. The highest BCUT2D eigenvalue weighted by atomic mass is 32.1. The largest absolute Gasteiger partial charge is 0.457 e. The topological polar surface area (TPSA) is 38.3 Å². The summed E-state index contributed by atoms with van der Waals surface area (Å²) in [4.78, 5) is 11.9. The lowest BCUT2D eigenvalue weighted by Gasteiger charge is -2.14. The fourth-order valence-electron chi connectivity index (χ4n) is 1.75. The molecule has 2 rings (SSSR count). The van der Waals surface area contributed by atoms with Gasteiger partial charge in [-0.3, -0.25) is 4.79 Å². The summed E-state index contributed by atoms with van der Waals surface area (Å²) >= 11 is 4.30. The van der Waals surface area contributed by atoms with Crippen LogP contribution in [0.25, 0.3) is 0 Å². The van der Waals surface area contributed by atoms with Gasteiger partial charge in [0.05, 0.1) is 5.25 Å². The highest BCUT2D eigenvalue weighted by Crippen LogP contribution is 2.23. The van der Waals surface area contributed by atoms with E-state index in [-0.39, 0.29) is 17.1 Å². The molecule has 0 radical (unpaired) electrons. The molecular weight excluding hydrogens is 282 g/mol. The molecule has 0 fully saturated rings. The second kappa shape index (κ2) is 7.18. The molecule has 3 nitrogen and oxygen atoms in total. The van der Waals surface area contributed by atoms with Gasteiger partial charge in [-0.25, -0.2) is 0 Å². The van der Waals surface area contributed by atoms with Gasteiger partial charge in [-0.15, -0.1) is 0 Å². The third-order valence-electron chi connectivity index (χ3n) is 3.00. The minimum Gasteiger partial charge on any atom is -0.457 e. The summed E-state index contributed by atoms with van der Waals surface area (Å²) < 4.78 is 5.70. The summed E-state index contributed by atoms with van der Waals surface area (Å²) in [5.41, 5.74) is 0.736.